The summed E-state index contributed by atoms with van der Waals surface area (Å²) in [5.41, 5.74) is 17.8. The van der Waals surface area contributed by atoms with E-state index in [1.807, 2.05) is 0 Å². The smallest absolute Gasteiger partial charge is 0.0717 e. The van der Waals surface area contributed by atoms with Gasteiger partial charge in [-0.3, -0.25) is 0 Å². The molecule has 2 aliphatic rings. The van der Waals surface area contributed by atoms with Gasteiger partial charge in [0.2, 0.25) is 0 Å². The standard InChI is InChI=1S/C54H36/c1-3-14-36(15-4-1)30-33-44(37-16-5-2-6-17-37)42-22-9-20-40(34-42)41-21-10-23-43(35-41)45-25-13-29-50-53(45)46-24-7-8-26-47(46)54(50)48-27-11-18-38-31-32-39-19-12-28-49(54)52(39)51(38)48/h1-29,31-35H,30H2/b44-33-. The van der Waals surface area contributed by atoms with Gasteiger partial charge in [-0.25, -0.2) is 0 Å². The average molecular weight is 685 g/mol. The third-order valence-electron chi connectivity index (χ3n) is 11.9. The van der Waals surface area contributed by atoms with Crippen molar-refractivity contribution in [3.63, 3.8) is 0 Å². The van der Waals surface area contributed by atoms with Crippen LogP contribution in [-0.4, -0.2) is 0 Å². The van der Waals surface area contributed by atoms with Crippen LogP contribution >= 0.6 is 0 Å². The molecule has 54 heavy (non-hydrogen) atoms. The topological polar surface area (TPSA) is 0 Å². The zero-order chi connectivity index (χ0) is 35.6. The highest BCUT2D eigenvalue weighted by Gasteiger charge is 2.51. The molecule has 0 saturated carbocycles. The van der Waals surface area contributed by atoms with Crippen molar-refractivity contribution in [1.29, 1.82) is 0 Å². The summed E-state index contributed by atoms with van der Waals surface area (Å²) < 4.78 is 0. The third-order valence-corrected chi connectivity index (χ3v) is 11.9. The van der Waals surface area contributed by atoms with Gasteiger partial charge in [-0.05, 0) is 118 Å². The van der Waals surface area contributed by atoms with Gasteiger partial charge in [0.25, 0.3) is 0 Å². The quantitative estimate of drug-likeness (QED) is 0.153. The Bertz CT molecular complexity index is 2880. The molecule has 0 N–H and O–H groups in total. The first-order valence-electron chi connectivity index (χ1n) is 19.0. The highest BCUT2D eigenvalue weighted by Crippen LogP contribution is 2.63. The van der Waals surface area contributed by atoms with E-state index < -0.39 is 0 Å². The van der Waals surface area contributed by atoms with Crippen molar-refractivity contribution < 1.29 is 0 Å². The van der Waals surface area contributed by atoms with Gasteiger partial charge in [-0.15, -0.1) is 0 Å². The molecule has 0 bridgehead atoms. The highest BCUT2D eigenvalue weighted by molar-refractivity contribution is 6.17. The Balaban J connectivity index is 1.06. The summed E-state index contributed by atoms with van der Waals surface area (Å²) in [6.07, 6.45) is 3.25. The van der Waals surface area contributed by atoms with Crippen molar-refractivity contribution in [2.75, 3.05) is 0 Å². The summed E-state index contributed by atoms with van der Waals surface area (Å²) in [6, 6.07) is 74.3. The van der Waals surface area contributed by atoms with E-state index in [0.717, 1.165) is 6.42 Å². The van der Waals surface area contributed by atoms with Gasteiger partial charge in [0.05, 0.1) is 5.41 Å². The van der Waals surface area contributed by atoms with E-state index in [9.17, 15) is 0 Å². The maximum atomic E-state index is 2.39. The molecule has 252 valence electrons. The molecule has 0 amide bonds. The molecule has 0 atom stereocenters. The molecule has 0 nitrogen and oxygen atoms in total. The van der Waals surface area contributed by atoms with Gasteiger partial charge in [0, 0.05) is 0 Å². The molecule has 0 aliphatic heterocycles. The normalized spacial score (nSPS) is 13.5. The molecular formula is C54H36. The van der Waals surface area contributed by atoms with E-state index in [-0.39, 0.29) is 5.41 Å². The Morgan fingerprint density at radius 3 is 1.69 bits per heavy atom. The molecule has 1 spiro atoms. The molecule has 0 aromatic heterocycles. The number of benzene rings is 9. The van der Waals surface area contributed by atoms with Crippen molar-refractivity contribution in [2.45, 2.75) is 11.8 Å². The number of allylic oxidation sites excluding steroid dienone is 1. The molecule has 0 heterocycles. The molecular weight excluding hydrogens is 649 g/mol. The first-order chi connectivity index (χ1) is 26.8. The fraction of sp³-hybridized carbons (Fsp3) is 0.0370. The predicted molar refractivity (Wildman–Crippen MR) is 227 cm³/mol. The second-order valence-corrected chi connectivity index (χ2v) is 14.7. The van der Waals surface area contributed by atoms with E-state index >= 15 is 0 Å². The molecule has 0 unspecified atom stereocenters. The Kier molecular flexibility index (Phi) is 6.94. The Labute approximate surface area is 316 Å². The average Bonchev–Trinajstić information content (AvgIpc) is 3.72. The lowest BCUT2D eigenvalue weighted by Gasteiger charge is -2.31. The minimum Gasteiger partial charge on any atom is -0.0717 e. The molecule has 11 rings (SSSR count). The summed E-state index contributed by atoms with van der Waals surface area (Å²) >= 11 is 0. The highest BCUT2D eigenvalue weighted by atomic mass is 14.5. The van der Waals surface area contributed by atoms with E-state index in [4.69, 9.17) is 0 Å². The fourth-order valence-corrected chi connectivity index (χ4v) is 9.66. The molecule has 9 aromatic rings. The minimum absolute atomic E-state index is 0.365. The summed E-state index contributed by atoms with van der Waals surface area (Å²) in [7, 11) is 0. The second kappa shape index (κ2) is 12.2. The Hall–Kier alpha value is -6.76. The van der Waals surface area contributed by atoms with Crippen molar-refractivity contribution >= 4 is 27.1 Å². The van der Waals surface area contributed by atoms with Gasteiger partial charge in [-0.1, -0.05) is 194 Å². The second-order valence-electron chi connectivity index (χ2n) is 14.7. The molecule has 0 fully saturated rings. The summed E-state index contributed by atoms with van der Waals surface area (Å²) in [6.45, 7) is 0. The van der Waals surface area contributed by atoms with Crippen LogP contribution in [0.2, 0.25) is 0 Å². The van der Waals surface area contributed by atoms with Crippen LogP contribution in [0.5, 0.6) is 0 Å². The number of rotatable bonds is 6. The maximum Gasteiger partial charge on any atom is 0.0726 e. The number of hydrogen-bond donors (Lipinski definition) is 0. The lowest BCUT2D eigenvalue weighted by Crippen LogP contribution is -2.26. The zero-order valence-corrected chi connectivity index (χ0v) is 29.8. The lowest BCUT2D eigenvalue weighted by molar-refractivity contribution is 0.797. The monoisotopic (exact) mass is 684 g/mol. The largest absolute Gasteiger partial charge is 0.0726 e. The number of fused-ring (bicyclic) bond motifs is 7. The molecule has 2 aliphatic carbocycles. The van der Waals surface area contributed by atoms with E-state index in [1.165, 1.54) is 99.4 Å². The van der Waals surface area contributed by atoms with Gasteiger partial charge in [0.15, 0.2) is 0 Å². The first kappa shape index (κ1) is 30.8. The van der Waals surface area contributed by atoms with Crippen molar-refractivity contribution in [3.8, 4) is 33.4 Å². The summed E-state index contributed by atoms with van der Waals surface area (Å²) in [5, 5.41) is 5.42. The predicted octanol–water partition coefficient (Wildman–Crippen LogP) is 13.7. The van der Waals surface area contributed by atoms with Gasteiger partial charge < -0.3 is 0 Å². The molecule has 0 saturated heterocycles. The minimum atomic E-state index is -0.365. The summed E-state index contributed by atoms with van der Waals surface area (Å²) in [5.74, 6) is 0. The van der Waals surface area contributed by atoms with E-state index in [0.29, 0.717) is 0 Å². The zero-order valence-electron chi connectivity index (χ0n) is 29.8. The molecule has 0 heteroatoms. The SMILES string of the molecule is C(/Cc1ccccc1)=C(\c1ccccc1)c1cccc(-c2cccc(-c3cccc4c3-c3ccccc3C43c4cccc5ccc6cccc3c6c45)c2)c1. The Morgan fingerprint density at radius 1 is 0.389 bits per heavy atom. The fourth-order valence-electron chi connectivity index (χ4n) is 9.66. The van der Waals surface area contributed by atoms with Crippen LogP contribution in [0.15, 0.2) is 206 Å². The Morgan fingerprint density at radius 2 is 0.926 bits per heavy atom. The summed E-state index contributed by atoms with van der Waals surface area (Å²) in [4.78, 5) is 0. The van der Waals surface area contributed by atoms with Crippen LogP contribution in [0, 0.1) is 0 Å². The van der Waals surface area contributed by atoms with E-state index in [1.54, 1.807) is 0 Å². The maximum absolute atomic E-state index is 2.39. The van der Waals surface area contributed by atoms with Crippen LogP contribution in [0.25, 0.3) is 60.5 Å². The third kappa shape index (κ3) is 4.50. The van der Waals surface area contributed by atoms with E-state index in [2.05, 4.69) is 206 Å². The molecule has 0 radical (unpaired) electrons. The van der Waals surface area contributed by atoms with Crippen LogP contribution in [0.4, 0.5) is 0 Å². The van der Waals surface area contributed by atoms with Gasteiger partial charge >= 0.3 is 0 Å². The van der Waals surface area contributed by atoms with Crippen LogP contribution in [-0.2, 0) is 11.8 Å². The van der Waals surface area contributed by atoms with Crippen molar-refractivity contribution in [2.24, 2.45) is 0 Å². The number of hydrogen-bond acceptors (Lipinski definition) is 0. The molecule has 9 aromatic carbocycles. The van der Waals surface area contributed by atoms with Crippen LogP contribution in [0.1, 0.15) is 38.9 Å². The van der Waals surface area contributed by atoms with Crippen LogP contribution < -0.4 is 0 Å². The van der Waals surface area contributed by atoms with Crippen molar-refractivity contribution in [1.82, 2.24) is 0 Å². The van der Waals surface area contributed by atoms with Gasteiger partial charge in [-0.2, -0.15) is 0 Å². The van der Waals surface area contributed by atoms with Gasteiger partial charge in [0.1, 0.15) is 0 Å². The lowest BCUT2D eigenvalue weighted by atomic mass is 9.70. The van der Waals surface area contributed by atoms with Crippen molar-refractivity contribution in [3.05, 3.63) is 245 Å². The first-order valence-corrected chi connectivity index (χ1v) is 19.0. The van der Waals surface area contributed by atoms with Crippen LogP contribution in [0.3, 0.4) is 0 Å².